The van der Waals surface area contributed by atoms with E-state index in [9.17, 15) is 4.39 Å². The Balaban J connectivity index is 1.86. The van der Waals surface area contributed by atoms with Crippen LogP contribution in [0.2, 0.25) is 0 Å². The fourth-order valence-electron chi connectivity index (χ4n) is 2.77. The highest BCUT2D eigenvalue weighted by Gasteiger charge is 2.39. The number of aromatic nitrogens is 5. The van der Waals surface area contributed by atoms with Gasteiger partial charge in [0.1, 0.15) is 11.3 Å². The van der Waals surface area contributed by atoms with Crippen LogP contribution in [0.15, 0.2) is 47.8 Å². The van der Waals surface area contributed by atoms with Crippen LogP contribution in [-0.2, 0) is 5.92 Å². The molecule has 148 valence electrons. The zero-order valence-electron chi connectivity index (χ0n) is 14.9. The maximum atomic E-state index is 15.0. The zero-order valence-corrected chi connectivity index (χ0v) is 14.9. The molecule has 0 amide bonds. The summed E-state index contributed by atoms with van der Waals surface area (Å²) < 4.78 is 44.4. The number of anilines is 2. The number of aromatic amines is 1. The molecule has 0 atom stereocenters. The van der Waals surface area contributed by atoms with Crippen molar-refractivity contribution in [2.24, 2.45) is 5.16 Å². The largest absolute Gasteiger partial charge is 0.411 e. The van der Waals surface area contributed by atoms with E-state index in [1.807, 2.05) is 0 Å². The molecule has 0 spiro atoms. The first-order valence-corrected chi connectivity index (χ1v) is 8.38. The van der Waals surface area contributed by atoms with Gasteiger partial charge in [0.15, 0.2) is 11.6 Å². The number of fused-ring (bicyclic) bond motifs is 1. The van der Waals surface area contributed by atoms with Crippen molar-refractivity contribution >= 4 is 23.4 Å². The normalized spacial score (nSPS) is 12.1. The zero-order chi connectivity index (χ0) is 20.6. The van der Waals surface area contributed by atoms with E-state index in [1.165, 1.54) is 10.7 Å². The van der Waals surface area contributed by atoms with Crippen LogP contribution in [0.25, 0.3) is 5.52 Å². The fraction of sp³-hybridized carbons (Fsp3) is 0.111. The summed E-state index contributed by atoms with van der Waals surface area (Å²) in [5.74, 6) is -4.57. The lowest BCUT2D eigenvalue weighted by Crippen LogP contribution is -2.21. The number of hydrogen-bond donors (Lipinski definition) is 3. The van der Waals surface area contributed by atoms with E-state index in [4.69, 9.17) is 5.21 Å². The van der Waals surface area contributed by atoms with Gasteiger partial charge in [0.2, 0.25) is 5.82 Å². The van der Waals surface area contributed by atoms with Crippen molar-refractivity contribution in [3.05, 3.63) is 71.1 Å². The van der Waals surface area contributed by atoms with Crippen LogP contribution in [0.1, 0.15) is 22.6 Å². The van der Waals surface area contributed by atoms with Gasteiger partial charge in [0.25, 0.3) is 0 Å². The van der Waals surface area contributed by atoms with Crippen LogP contribution >= 0.6 is 0 Å². The Morgan fingerprint density at radius 1 is 1.24 bits per heavy atom. The average molecular weight is 401 g/mol. The average Bonchev–Trinajstić information content (AvgIpc) is 3.28. The molecule has 8 nitrogen and oxygen atoms in total. The number of oxime groups is 1. The highest BCUT2D eigenvalue weighted by atomic mass is 19.3. The van der Waals surface area contributed by atoms with E-state index >= 15 is 8.78 Å². The molecule has 3 aromatic heterocycles. The molecule has 0 aliphatic rings. The van der Waals surface area contributed by atoms with Gasteiger partial charge in [-0.1, -0.05) is 5.16 Å². The summed E-state index contributed by atoms with van der Waals surface area (Å²) >= 11 is 0. The molecule has 4 rings (SSSR count). The Kier molecular flexibility index (Phi) is 4.41. The lowest BCUT2D eigenvalue weighted by molar-refractivity contribution is 0.0315. The smallest absolute Gasteiger partial charge is 0.333 e. The molecule has 0 saturated heterocycles. The molecule has 0 fully saturated rings. The predicted molar refractivity (Wildman–Crippen MR) is 98.4 cm³/mol. The van der Waals surface area contributed by atoms with Crippen molar-refractivity contribution in [3.8, 4) is 0 Å². The maximum absolute atomic E-state index is 15.0. The molecule has 1 aromatic carbocycles. The van der Waals surface area contributed by atoms with E-state index in [-0.39, 0.29) is 5.82 Å². The molecule has 4 aromatic rings. The van der Waals surface area contributed by atoms with Crippen molar-refractivity contribution in [1.82, 2.24) is 24.8 Å². The molecule has 0 unspecified atom stereocenters. The number of H-pyrrole nitrogens is 1. The number of nitrogens with one attached hydrogen (secondary N) is 2. The van der Waals surface area contributed by atoms with E-state index in [2.05, 4.69) is 30.8 Å². The minimum absolute atomic E-state index is 0.0703. The number of hydrogen-bond acceptors (Lipinski definition) is 6. The first kappa shape index (κ1) is 18.5. The third kappa shape index (κ3) is 3.49. The summed E-state index contributed by atoms with van der Waals surface area (Å²) in [5.41, 5.74) is 1.09. The van der Waals surface area contributed by atoms with Crippen molar-refractivity contribution in [3.63, 3.8) is 0 Å². The van der Waals surface area contributed by atoms with Crippen molar-refractivity contribution < 1.29 is 18.4 Å². The Morgan fingerprint density at radius 2 is 2.00 bits per heavy atom. The lowest BCUT2D eigenvalue weighted by atomic mass is 10.1. The summed E-state index contributed by atoms with van der Waals surface area (Å²) in [5, 5.41) is 25.2. The minimum atomic E-state index is -3.59. The second kappa shape index (κ2) is 6.93. The molecule has 0 aliphatic carbocycles. The van der Waals surface area contributed by atoms with Crippen LogP contribution in [0.4, 0.5) is 24.8 Å². The third-order valence-corrected chi connectivity index (χ3v) is 4.13. The monoisotopic (exact) mass is 401 g/mol. The Labute approximate surface area is 161 Å². The molecule has 3 N–H and O–H groups in total. The van der Waals surface area contributed by atoms with Gasteiger partial charge >= 0.3 is 5.92 Å². The molecular weight excluding hydrogens is 387 g/mol. The number of nitrogens with zero attached hydrogens (tertiary/aromatic N) is 5. The first-order valence-electron chi connectivity index (χ1n) is 8.38. The van der Waals surface area contributed by atoms with Crippen LogP contribution < -0.4 is 5.32 Å². The summed E-state index contributed by atoms with van der Waals surface area (Å²) in [6, 6.07) is 7.08. The summed E-state index contributed by atoms with van der Waals surface area (Å²) in [7, 11) is 0. The molecule has 29 heavy (non-hydrogen) atoms. The topological polar surface area (TPSA) is 103 Å². The van der Waals surface area contributed by atoms with Gasteiger partial charge in [-0.15, -0.1) is 5.10 Å². The van der Waals surface area contributed by atoms with Crippen LogP contribution in [0.3, 0.4) is 0 Å². The molecule has 0 saturated carbocycles. The summed E-state index contributed by atoms with van der Waals surface area (Å²) in [4.78, 5) is 4.00. The quantitative estimate of drug-likeness (QED) is 0.269. The lowest BCUT2D eigenvalue weighted by Gasteiger charge is -2.16. The van der Waals surface area contributed by atoms with E-state index < -0.39 is 23.1 Å². The van der Waals surface area contributed by atoms with E-state index in [0.717, 1.165) is 36.2 Å². The number of rotatable bonds is 5. The predicted octanol–water partition coefficient (Wildman–Crippen LogP) is 3.59. The third-order valence-electron chi connectivity index (χ3n) is 4.13. The van der Waals surface area contributed by atoms with E-state index in [0.29, 0.717) is 16.9 Å². The summed E-state index contributed by atoms with van der Waals surface area (Å²) in [6.07, 6.45) is 2.54. The summed E-state index contributed by atoms with van der Waals surface area (Å²) in [6.45, 7) is 1.79. The SMILES string of the molecule is Cc1cc(Nc2nc(C(F)(F)c3ccc(F)cc3)nn3cc(/C=N/O)cc23)n[nH]1. The number of alkyl halides is 2. The van der Waals surface area contributed by atoms with Gasteiger partial charge in [-0.25, -0.2) is 13.9 Å². The van der Waals surface area contributed by atoms with Crippen LogP contribution in [0.5, 0.6) is 0 Å². The Hall–Kier alpha value is -3.89. The van der Waals surface area contributed by atoms with Gasteiger partial charge in [-0.05, 0) is 37.3 Å². The van der Waals surface area contributed by atoms with Crippen molar-refractivity contribution in [1.29, 1.82) is 0 Å². The molecule has 11 heteroatoms. The maximum Gasteiger partial charge on any atom is 0.333 e. The van der Waals surface area contributed by atoms with E-state index in [1.54, 1.807) is 19.1 Å². The standard InChI is InChI=1S/C18H14F3N7O/c1-10-6-15(26-25-10)23-16-14-7-11(8-22-29)9-28(14)27-17(24-16)18(20,21)12-2-4-13(19)5-3-12/h2-9,29H,1H3,(H2,23,24,25,26,27)/b22-8+. The molecular formula is C18H14F3N7O. The highest BCUT2D eigenvalue weighted by molar-refractivity contribution is 5.85. The number of aryl methyl sites for hydroxylation is 1. The Bertz CT molecular complexity index is 1200. The molecule has 0 radical (unpaired) electrons. The Morgan fingerprint density at radius 3 is 2.66 bits per heavy atom. The molecule has 0 bridgehead atoms. The van der Waals surface area contributed by atoms with Crippen LogP contribution in [0, 0.1) is 12.7 Å². The van der Waals surface area contributed by atoms with Gasteiger partial charge < -0.3 is 10.5 Å². The number of benzene rings is 1. The van der Waals surface area contributed by atoms with Gasteiger partial charge in [0, 0.05) is 29.1 Å². The second-order valence-electron chi connectivity index (χ2n) is 6.27. The van der Waals surface area contributed by atoms with Gasteiger partial charge in [-0.3, -0.25) is 5.10 Å². The molecule has 3 heterocycles. The van der Waals surface area contributed by atoms with Crippen molar-refractivity contribution in [2.45, 2.75) is 12.8 Å². The number of halogens is 3. The van der Waals surface area contributed by atoms with Crippen molar-refractivity contribution in [2.75, 3.05) is 5.32 Å². The first-order chi connectivity index (χ1) is 13.9. The van der Waals surface area contributed by atoms with Gasteiger partial charge in [-0.2, -0.15) is 13.9 Å². The molecule has 0 aliphatic heterocycles. The van der Waals surface area contributed by atoms with Crippen LogP contribution in [-0.4, -0.2) is 36.2 Å². The van der Waals surface area contributed by atoms with Gasteiger partial charge in [0.05, 0.1) is 6.21 Å². The minimum Gasteiger partial charge on any atom is -0.411 e. The highest BCUT2D eigenvalue weighted by Crippen LogP contribution is 2.35. The second-order valence-corrected chi connectivity index (χ2v) is 6.27. The fourth-order valence-corrected chi connectivity index (χ4v) is 2.77.